The third-order valence-electron chi connectivity index (χ3n) is 3.85. The Bertz CT molecular complexity index is 819. The van der Waals surface area contributed by atoms with Gasteiger partial charge in [-0.2, -0.15) is 0 Å². The molecule has 0 bridgehead atoms. The zero-order valence-electron chi connectivity index (χ0n) is 13.9. The number of ether oxygens (including phenoxy) is 1. The Hall–Kier alpha value is -2.53. The van der Waals surface area contributed by atoms with E-state index in [0.717, 1.165) is 32.4 Å². The summed E-state index contributed by atoms with van der Waals surface area (Å²) in [7, 11) is 3.43. The lowest BCUT2D eigenvalue weighted by molar-refractivity contribution is 0.0780. The predicted molar refractivity (Wildman–Crippen MR) is 95.5 cm³/mol. The van der Waals surface area contributed by atoms with Gasteiger partial charge in [0.1, 0.15) is 11.5 Å². The van der Waals surface area contributed by atoms with Crippen molar-refractivity contribution in [2.45, 2.75) is 13.5 Å². The summed E-state index contributed by atoms with van der Waals surface area (Å²) in [6.45, 7) is 2.49. The van der Waals surface area contributed by atoms with Crippen LogP contribution in [0.1, 0.15) is 20.3 Å². The highest BCUT2D eigenvalue weighted by molar-refractivity contribution is 7.14. The van der Waals surface area contributed by atoms with E-state index in [2.05, 4.69) is 0 Å². The molecule has 0 N–H and O–H groups in total. The minimum Gasteiger partial charge on any atom is -0.497 e. The zero-order chi connectivity index (χ0) is 17.1. The summed E-state index contributed by atoms with van der Waals surface area (Å²) in [4.78, 5) is 16.2. The van der Waals surface area contributed by atoms with E-state index in [-0.39, 0.29) is 5.91 Å². The molecule has 0 spiro atoms. The van der Waals surface area contributed by atoms with Crippen molar-refractivity contribution < 1.29 is 13.9 Å². The number of furan rings is 1. The lowest BCUT2D eigenvalue weighted by Crippen LogP contribution is -2.25. The number of aryl methyl sites for hydroxylation is 1. The van der Waals surface area contributed by atoms with Gasteiger partial charge in [0, 0.05) is 11.9 Å². The average Bonchev–Trinajstić information content (AvgIpc) is 3.24. The lowest BCUT2D eigenvalue weighted by atomic mass is 10.1. The van der Waals surface area contributed by atoms with E-state index < -0.39 is 0 Å². The standard InChI is InChI=1S/C19H19NO3S/c1-13-17(14-6-8-15(22-3)9-7-14)11-18(24-13)19(21)20(2)12-16-5-4-10-23-16/h4-11H,12H2,1-3H3. The summed E-state index contributed by atoms with van der Waals surface area (Å²) < 4.78 is 10.5. The molecule has 1 aromatic carbocycles. The van der Waals surface area contributed by atoms with Gasteiger partial charge in [0.05, 0.1) is 24.8 Å². The van der Waals surface area contributed by atoms with E-state index in [9.17, 15) is 4.79 Å². The van der Waals surface area contributed by atoms with Gasteiger partial charge in [-0.1, -0.05) is 12.1 Å². The quantitative estimate of drug-likeness (QED) is 0.681. The van der Waals surface area contributed by atoms with Gasteiger partial charge in [0.15, 0.2) is 0 Å². The second kappa shape index (κ2) is 6.93. The topological polar surface area (TPSA) is 42.7 Å². The molecular weight excluding hydrogens is 322 g/mol. The molecule has 4 nitrogen and oxygen atoms in total. The smallest absolute Gasteiger partial charge is 0.264 e. The first-order valence-corrected chi connectivity index (χ1v) is 8.43. The summed E-state index contributed by atoms with van der Waals surface area (Å²) >= 11 is 1.52. The molecule has 0 atom stereocenters. The van der Waals surface area contributed by atoms with Crippen molar-refractivity contribution in [3.05, 3.63) is 64.2 Å². The summed E-state index contributed by atoms with van der Waals surface area (Å²) in [6, 6.07) is 13.5. The van der Waals surface area contributed by atoms with Gasteiger partial charge in [0.2, 0.25) is 0 Å². The van der Waals surface area contributed by atoms with Crippen LogP contribution in [0.25, 0.3) is 11.1 Å². The van der Waals surface area contributed by atoms with Crippen LogP contribution in [0.3, 0.4) is 0 Å². The number of methoxy groups -OCH3 is 1. The fourth-order valence-electron chi connectivity index (χ4n) is 2.54. The molecule has 0 aliphatic rings. The summed E-state index contributed by atoms with van der Waals surface area (Å²) in [6.07, 6.45) is 1.62. The van der Waals surface area contributed by atoms with E-state index in [1.54, 1.807) is 25.3 Å². The Morgan fingerprint density at radius 3 is 2.62 bits per heavy atom. The van der Waals surface area contributed by atoms with E-state index in [1.807, 2.05) is 49.4 Å². The summed E-state index contributed by atoms with van der Waals surface area (Å²) in [5.74, 6) is 1.59. The van der Waals surface area contributed by atoms with Crippen LogP contribution >= 0.6 is 11.3 Å². The third-order valence-corrected chi connectivity index (χ3v) is 4.89. The molecule has 0 radical (unpaired) electrons. The first kappa shape index (κ1) is 16.3. The van der Waals surface area contributed by atoms with Crippen LogP contribution in [-0.2, 0) is 6.54 Å². The van der Waals surface area contributed by atoms with Crippen molar-refractivity contribution in [2.75, 3.05) is 14.2 Å². The van der Waals surface area contributed by atoms with Crippen molar-refractivity contribution in [3.8, 4) is 16.9 Å². The number of rotatable bonds is 5. The zero-order valence-corrected chi connectivity index (χ0v) is 14.7. The van der Waals surface area contributed by atoms with Crippen LogP contribution in [0.5, 0.6) is 5.75 Å². The van der Waals surface area contributed by atoms with Gasteiger partial charge < -0.3 is 14.1 Å². The fourth-order valence-corrected chi connectivity index (χ4v) is 3.58. The molecule has 2 heterocycles. The van der Waals surface area contributed by atoms with Crippen LogP contribution in [0.2, 0.25) is 0 Å². The Labute approximate surface area is 145 Å². The molecule has 24 heavy (non-hydrogen) atoms. The van der Waals surface area contributed by atoms with Gasteiger partial charge in [-0.15, -0.1) is 11.3 Å². The molecule has 0 aliphatic carbocycles. The van der Waals surface area contributed by atoms with Crippen molar-refractivity contribution >= 4 is 17.2 Å². The molecule has 2 aromatic heterocycles. The molecule has 0 saturated heterocycles. The molecule has 5 heteroatoms. The Balaban J connectivity index is 1.80. The number of benzene rings is 1. The van der Waals surface area contributed by atoms with Crippen LogP contribution in [-0.4, -0.2) is 25.0 Å². The van der Waals surface area contributed by atoms with Crippen molar-refractivity contribution in [3.63, 3.8) is 0 Å². The van der Waals surface area contributed by atoms with E-state index in [1.165, 1.54) is 11.3 Å². The number of nitrogens with zero attached hydrogens (tertiary/aromatic N) is 1. The molecule has 0 aliphatic heterocycles. The number of carbonyl (C=O) groups excluding carboxylic acids is 1. The monoisotopic (exact) mass is 341 g/mol. The maximum atomic E-state index is 12.6. The normalized spacial score (nSPS) is 10.6. The van der Waals surface area contributed by atoms with Gasteiger partial charge in [0.25, 0.3) is 5.91 Å². The van der Waals surface area contributed by atoms with Crippen molar-refractivity contribution in [1.29, 1.82) is 0 Å². The number of hydrogen-bond acceptors (Lipinski definition) is 4. The molecule has 3 rings (SSSR count). The minimum absolute atomic E-state index is 0.000684. The number of hydrogen-bond donors (Lipinski definition) is 0. The van der Waals surface area contributed by atoms with E-state index in [0.29, 0.717) is 6.54 Å². The van der Waals surface area contributed by atoms with Crippen LogP contribution in [0.4, 0.5) is 0 Å². The summed E-state index contributed by atoms with van der Waals surface area (Å²) in [5.41, 5.74) is 2.16. The number of amides is 1. The van der Waals surface area contributed by atoms with Crippen LogP contribution in [0, 0.1) is 6.92 Å². The van der Waals surface area contributed by atoms with Gasteiger partial charge in [-0.25, -0.2) is 0 Å². The number of thiophene rings is 1. The Morgan fingerprint density at radius 2 is 2.00 bits per heavy atom. The van der Waals surface area contributed by atoms with Gasteiger partial charge >= 0.3 is 0 Å². The minimum atomic E-state index is -0.000684. The van der Waals surface area contributed by atoms with E-state index >= 15 is 0 Å². The van der Waals surface area contributed by atoms with Gasteiger partial charge in [-0.05, 0) is 48.4 Å². The highest BCUT2D eigenvalue weighted by Crippen LogP contribution is 2.32. The first-order valence-electron chi connectivity index (χ1n) is 7.61. The third kappa shape index (κ3) is 3.36. The SMILES string of the molecule is COc1ccc(-c2cc(C(=O)N(C)Cc3ccco3)sc2C)cc1. The Kier molecular flexibility index (Phi) is 4.71. The summed E-state index contributed by atoms with van der Waals surface area (Å²) in [5, 5.41) is 0. The predicted octanol–water partition coefficient (Wildman–Crippen LogP) is 4.60. The highest BCUT2D eigenvalue weighted by Gasteiger charge is 2.18. The molecule has 0 saturated carbocycles. The number of carbonyl (C=O) groups is 1. The highest BCUT2D eigenvalue weighted by atomic mass is 32.1. The largest absolute Gasteiger partial charge is 0.497 e. The molecule has 3 aromatic rings. The maximum Gasteiger partial charge on any atom is 0.264 e. The van der Waals surface area contributed by atoms with E-state index in [4.69, 9.17) is 9.15 Å². The molecule has 1 amide bonds. The molecule has 124 valence electrons. The lowest BCUT2D eigenvalue weighted by Gasteiger charge is -2.14. The van der Waals surface area contributed by atoms with Crippen molar-refractivity contribution in [1.82, 2.24) is 4.90 Å². The maximum absolute atomic E-state index is 12.6. The molecule has 0 fully saturated rings. The Morgan fingerprint density at radius 1 is 1.25 bits per heavy atom. The van der Waals surface area contributed by atoms with Crippen LogP contribution < -0.4 is 4.74 Å². The van der Waals surface area contributed by atoms with Gasteiger partial charge in [-0.3, -0.25) is 4.79 Å². The molecule has 0 unspecified atom stereocenters. The first-order chi connectivity index (χ1) is 11.6. The average molecular weight is 341 g/mol. The fraction of sp³-hybridized carbons (Fsp3) is 0.211. The van der Waals surface area contributed by atoms with Crippen molar-refractivity contribution in [2.24, 2.45) is 0 Å². The second-order valence-corrected chi connectivity index (χ2v) is 6.81. The van der Waals surface area contributed by atoms with Crippen LogP contribution in [0.15, 0.2) is 53.1 Å². The second-order valence-electron chi connectivity index (χ2n) is 5.55. The molecular formula is C19H19NO3S.